The largest absolute Gasteiger partial charge is 0.449 e. The van der Waals surface area contributed by atoms with E-state index < -0.39 is 33.2 Å². The van der Waals surface area contributed by atoms with Crippen LogP contribution in [0.3, 0.4) is 0 Å². The van der Waals surface area contributed by atoms with Crippen LogP contribution in [0.25, 0.3) is 11.2 Å². The van der Waals surface area contributed by atoms with Crippen molar-refractivity contribution in [3.8, 4) is 6.08 Å². The van der Waals surface area contributed by atoms with E-state index in [1.807, 2.05) is 6.92 Å². The first kappa shape index (κ1) is 19.7. The zero-order valence-corrected chi connectivity index (χ0v) is 16.2. The van der Waals surface area contributed by atoms with Crippen LogP contribution in [-0.4, -0.2) is 30.7 Å². The molecule has 1 aliphatic rings. The zero-order chi connectivity index (χ0) is 20.8. The normalized spacial score (nSPS) is 15.0. The van der Waals surface area contributed by atoms with Gasteiger partial charge in [-0.15, -0.1) is 0 Å². The van der Waals surface area contributed by atoms with Gasteiger partial charge in [-0.05, 0) is 38.0 Å². The first-order valence-electron chi connectivity index (χ1n) is 8.94. The number of halogens is 3. The summed E-state index contributed by atoms with van der Waals surface area (Å²) < 4.78 is 75.2. The second kappa shape index (κ2) is 7.01. The third kappa shape index (κ3) is 4.21. The number of nitrogens with zero attached hydrogens (tertiary/aromatic N) is 2. The quantitative estimate of drug-likeness (QED) is 0.585. The molecular weight excluding hydrogens is 409 g/mol. The summed E-state index contributed by atoms with van der Waals surface area (Å²) >= 11 is 0. The fourth-order valence-electron chi connectivity index (χ4n) is 2.88. The highest BCUT2D eigenvalue weighted by Gasteiger charge is 2.38. The molecule has 0 bridgehead atoms. The number of fused-ring (bicyclic) bond motifs is 1. The van der Waals surface area contributed by atoms with Crippen LogP contribution < -0.4 is 4.74 Å². The van der Waals surface area contributed by atoms with Gasteiger partial charge < -0.3 is 9.15 Å². The van der Waals surface area contributed by atoms with Gasteiger partial charge in [0.05, 0.1) is 16.2 Å². The van der Waals surface area contributed by atoms with Crippen molar-refractivity contribution in [1.29, 1.82) is 0 Å². The number of oxazole rings is 1. The molecule has 10 heteroatoms. The molecule has 3 aromatic rings. The minimum absolute atomic E-state index is 0.00498. The summed E-state index contributed by atoms with van der Waals surface area (Å²) in [5, 5.41) is 0. The molecule has 1 aliphatic carbocycles. The summed E-state index contributed by atoms with van der Waals surface area (Å²) in [6.07, 6.45) is -3.49. The second-order valence-electron chi connectivity index (χ2n) is 6.98. The second-order valence-corrected chi connectivity index (χ2v) is 9.09. The molecule has 4 rings (SSSR count). The van der Waals surface area contributed by atoms with E-state index in [0.29, 0.717) is 5.69 Å². The Hall–Kier alpha value is -2.62. The lowest BCUT2D eigenvalue weighted by atomic mass is 10.1. The SMILES string of the molecule is Cc1ccc(S(=O)(=O)CCOc2nc3c(C(F)(F)F)cc(C4CC4)nc3o2)cc1. The number of rotatable bonds is 6. The Labute approximate surface area is 164 Å². The van der Waals surface area contributed by atoms with E-state index in [4.69, 9.17) is 9.15 Å². The molecule has 2 aromatic heterocycles. The van der Waals surface area contributed by atoms with Gasteiger partial charge in [-0.25, -0.2) is 13.4 Å². The molecule has 0 radical (unpaired) electrons. The Morgan fingerprint density at radius 3 is 2.48 bits per heavy atom. The average molecular weight is 426 g/mol. The van der Waals surface area contributed by atoms with Crippen LogP contribution in [0.15, 0.2) is 39.6 Å². The molecule has 1 saturated carbocycles. The standard InChI is InChI=1S/C19H17F3N2O4S/c1-11-2-6-13(7-3-11)29(25,26)9-8-27-18-24-16-14(19(20,21)22)10-15(12-4-5-12)23-17(16)28-18/h2-3,6-7,10,12H,4-5,8-9H2,1H3. The summed E-state index contributed by atoms with van der Waals surface area (Å²) in [6, 6.07) is 7.33. The number of hydrogen-bond acceptors (Lipinski definition) is 6. The monoisotopic (exact) mass is 426 g/mol. The minimum atomic E-state index is -4.62. The van der Waals surface area contributed by atoms with Crippen LogP contribution in [-0.2, 0) is 16.0 Å². The molecular formula is C19H17F3N2O4S. The van der Waals surface area contributed by atoms with Crippen LogP contribution in [0.5, 0.6) is 6.08 Å². The predicted octanol–water partition coefficient (Wildman–Crippen LogP) is 4.28. The number of aromatic nitrogens is 2. The molecule has 29 heavy (non-hydrogen) atoms. The van der Waals surface area contributed by atoms with Crippen molar-refractivity contribution in [2.75, 3.05) is 12.4 Å². The lowest BCUT2D eigenvalue weighted by Gasteiger charge is -2.07. The third-order valence-corrected chi connectivity index (χ3v) is 6.32. The Balaban J connectivity index is 1.53. The summed E-state index contributed by atoms with van der Waals surface area (Å²) in [6.45, 7) is 1.52. The van der Waals surface area contributed by atoms with Gasteiger partial charge >= 0.3 is 12.3 Å². The molecule has 0 saturated heterocycles. The summed E-state index contributed by atoms with van der Waals surface area (Å²) in [5.74, 6) is -0.378. The van der Waals surface area contributed by atoms with Crippen molar-refractivity contribution in [3.05, 3.63) is 47.2 Å². The van der Waals surface area contributed by atoms with Crippen LogP contribution in [0, 0.1) is 6.92 Å². The highest BCUT2D eigenvalue weighted by atomic mass is 32.2. The maximum Gasteiger partial charge on any atom is 0.418 e. The lowest BCUT2D eigenvalue weighted by molar-refractivity contribution is -0.136. The molecule has 0 spiro atoms. The van der Waals surface area contributed by atoms with E-state index in [1.54, 1.807) is 12.1 Å². The topological polar surface area (TPSA) is 82.3 Å². The number of alkyl halides is 3. The van der Waals surface area contributed by atoms with Crippen molar-refractivity contribution in [2.45, 2.75) is 36.8 Å². The third-order valence-electron chi connectivity index (χ3n) is 4.63. The van der Waals surface area contributed by atoms with Crippen molar-refractivity contribution in [3.63, 3.8) is 0 Å². The van der Waals surface area contributed by atoms with Gasteiger partial charge in [0.25, 0.3) is 5.71 Å². The number of benzene rings is 1. The Morgan fingerprint density at radius 1 is 1.17 bits per heavy atom. The van der Waals surface area contributed by atoms with Crippen LogP contribution >= 0.6 is 0 Å². The number of ether oxygens (including phenoxy) is 1. The van der Waals surface area contributed by atoms with Gasteiger partial charge in [-0.1, -0.05) is 17.7 Å². The molecule has 0 amide bonds. The van der Waals surface area contributed by atoms with E-state index in [9.17, 15) is 21.6 Å². The van der Waals surface area contributed by atoms with E-state index in [-0.39, 0.29) is 28.9 Å². The van der Waals surface area contributed by atoms with Crippen LogP contribution in [0.2, 0.25) is 0 Å². The van der Waals surface area contributed by atoms with Gasteiger partial charge in [0.15, 0.2) is 9.84 Å². The van der Waals surface area contributed by atoms with Gasteiger partial charge in [0, 0.05) is 11.6 Å². The summed E-state index contributed by atoms with van der Waals surface area (Å²) in [7, 11) is -3.61. The summed E-state index contributed by atoms with van der Waals surface area (Å²) in [5.41, 5.74) is -0.411. The Morgan fingerprint density at radius 2 is 1.86 bits per heavy atom. The first-order valence-corrected chi connectivity index (χ1v) is 10.6. The molecule has 1 fully saturated rings. The van der Waals surface area contributed by atoms with Gasteiger partial charge in [-0.2, -0.15) is 18.2 Å². The number of aryl methyl sites for hydroxylation is 1. The van der Waals surface area contributed by atoms with Crippen molar-refractivity contribution in [1.82, 2.24) is 9.97 Å². The molecule has 0 atom stereocenters. The van der Waals surface area contributed by atoms with Crippen LogP contribution in [0.4, 0.5) is 13.2 Å². The Kier molecular flexibility index (Phi) is 4.76. The lowest BCUT2D eigenvalue weighted by Crippen LogP contribution is -2.14. The highest BCUT2D eigenvalue weighted by Crippen LogP contribution is 2.43. The van der Waals surface area contributed by atoms with Crippen LogP contribution in [0.1, 0.15) is 35.6 Å². The number of sulfone groups is 1. The fourth-order valence-corrected chi connectivity index (χ4v) is 3.97. The van der Waals surface area contributed by atoms with Crippen molar-refractivity contribution in [2.24, 2.45) is 0 Å². The van der Waals surface area contributed by atoms with Gasteiger partial charge in [0.1, 0.15) is 12.1 Å². The van der Waals surface area contributed by atoms with E-state index in [2.05, 4.69) is 9.97 Å². The Bertz CT molecular complexity index is 1150. The molecule has 0 N–H and O–H groups in total. The number of pyridine rings is 1. The van der Waals surface area contributed by atoms with Crippen molar-refractivity contribution >= 4 is 21.1 Å². The fraction of sp³-hybridized carbons (Fsp3) is 0.368. The number of hydrogen-bond donors (Lipinski definition) is 0. The average Bonchev–Trinajstić information content (AvgIpc) is 3.40. The smallest absolute Gasteiger partial charge is 0.418 e. The molecule has 1 aromatic carbocycles. The van der Waals surface area contributed by atoms with E-state index >= 15 is 0 Å². The maximum absolute atomic E-state index is 13.4. The van der Waals surface area contributed by atoms with E-state index in [1.165, 1.54) is 12.1 Å². The molecule has 0 unspecified atom stereocenters. The molecule has 0 aliphatic heterocycles. The van der Waals surface area contributed by atoms with Gasteiger partial charge in [-0.3, -0.25) is 0 Å². The summed E-state index contributed by atoms with van der Waals surface area (Å²) in [4.78, 5) is 7.99. The zero-order valence-electron chi connectivity index (χ0n) is 15.4. The van der Waals surface area contributed by atoms with Gasteiger partial charge in [0.2, 0.25) is 0 Å². The predicted molar refractivity (Wildman–Crippen MR) is 97.5 cm³/mol. The molecule has 2 heterocycles. The van der Waals surface area contributed by atoms with E-state index in [0.717, 1.165) is 24.5 Å². The first-order chi connectivity index (χ1) is 13.6. The molecule has 154 valence electrons. The maximum atomic E-state index is 13.4. The minimum Gasteiger partial charge on any atom is -0.449 e. The van der Waals surface area contributed by atoms with Crippen molar-refractivity contribution < 1.29 is 30.7 Å². The molecule has 6 nitrogen and oxygen atoms in total. The highest BCUT2D eigenvalue weighted by molar-refractivity contribution is 7.91.